The van der Waals surface area contributed by atoms with Crippen LogP contribution < -0.4 is 0 Å². The van der Waals surface area contributed by atoms with Crippen molar-refractivity contribution in [3.05, 3.63) is 0 Å². The minimum absolute atomic E-state index is 0.0464. The highest BCUT2D eigenvalue weighted by Gasteiger charge is 2.51. The van der Waals surface area contributed by atoms with Crippen LogP contribution in [0.5, 0.6) is 0 Å². The Bertz CT molecular complexity index is 361. The SMILES string of the molecule is CC(C)(C)O[SiH2]CCCN([Si](C)(C)C(C)(C)C)[Si](C)(C)C(C)(C)C. The summed E-state index contributed by atoms with van der Waals surface area (Å²) in [7, 11) is -3.40. The van der Waals surface area contributed by atoms with Crippen LogP contribution in [-0.4, -0.2) is 42.6 Å². The van der Waals surface area contributed by atoms with Crippen molar-refractivity contribution in [1.82, 2.24) is 4.23 Å². The molecule has 0 spiro atoms. The van der Waals surface area contributed by atoms with Crippen LogP contribution in [0.3, 0.4) is 0 Å². The number of rotatable bonds is 7. The molecule has 0 aromatic rings. The minimum atomic E-state index is -1.51. The van der Waals surface area contributed by atoms with Gasteiger partial charge in [0.05, 0.1) is 0 Å². The molecule has 0 aliphatic heterocycles. The van der Waals surface area contributed by atoms with E-state index in [9.17, 15) is 0 Å². The first-order valence-corrected chi connectivity index (χ1v) is 17.2. The molecule has 0 rings (SSSR count). The molecule has 0 N–H and O–H groups in total. The van der Waals surface area contributed by atoms with E-state index in [1.807, 2.05) is 0 Å². The molecular formula is C19H47NOSi3. The number of hydrogen-bond acceptors (Lipinski definition) is 2. The third kappa shape index (κ3) is 6.71. The van der Waals surface area contributed by atoms with Gasteiger partial charge in [0.1, 0.15) is 16.5 Å². The summed E-state index contributed by atoms with van der Waals surface area (Å²) in [5.74, 6) is 0. The molecule has 0 saturated heterocycles. The summed E-state index contributed by atoms with van der Waals surface area (Å²) in [6.45, 7) is 32.9. The highest BCUT2D eigenvalue weighted by Crippen LogP contribution is 2.46. The van der Waals surface area contributed by atoms with Crippen LogP contribution in [-0.2, 0) is 4.43 Å². The second-order valence-corrected chi connectivity index (χ2v) is 23.6. The van der Waals surface area contributed by atoms with Gasteiger partial charge in [0.25, 0.3) is 0 Å². The summed E-state index contributed by atoms with van der Waals surface area (Å²) < 4.78 is 9.11. The van der Waals surface area contributed by atoms with E-state index in [1.165, 1.54) is 19.0 Å². The van der Waals surface area contributed by atoms with Crippen molar-refractivity contribution in [3.63, 3.8) is 0 Å². The first-order chi connectivity index (χ1) is 10.3. The van der Waals surface area contributed by atoms with Gasteiger partial charge < -0.3 is 8.66 Å². The van der Waals surface area contributed by atoms with Gasteiger partial charge in [-0.2, -0.15) is 0 Å². The Kier molecular flexibility index (Phi) is 8.26. The first-order valence-electron chi connectivity index (χ1n) is 9.76. The summed E-state index contributed by atoms with van der Waals surface area (Å²) >= 11 is 0. The normalized spacial score (nSPS) is 15.8. The summed E-state index contributed by atoms with van der Waals surface area (Å²) in [5, 5.41) is 0.809. The fraction of sp³-hybridized carbons (Fsp3) is 1.00. The van der Waals surface area contributed by atoms with E-state index < -0.39 is 16.5 Å². The Labute approximate surface area is 158 Å². The lowest BCUT2D eigenvalue weighted by Crippen LogP contribution is -2.68. The van der Waals surface area contributed by atoms with E-state index in [0.717, 1.165) is 0 Å². The van der Waals surface area contributed by atoms with Crippen molar-refractivity contribution in [1.29, 1.82) is 0 Å². The Morgan fingerprint density at radius 2 is 1.12 bits per heavy atom. The molecule has 0 unspecified atom stereocenters. The molecule has 0 aromatic heterocycles. The van der Waals surface area contributed by atoms with E-state index in [1.54, 1.807) is 0 Å². The zero-order valence-corrected chi connectivity index (χ0v) is 22.6. The van der Waals surface area contributed by atoms with Crippen LogP contribution in [0.15, 0.2) is 0 Å². The maximum atomic E-state index is 6.06. The van der Waals surface area contributed by atoms with E-state index in [2.05, 4.69) is 92.7 Å². The van der Waals surface area contributed by atoms with Crippen molar-refractivity contribution in [3.8, 4) is 0 Å². The van der Waals surface area contributed by atoms with Gasteiger partial charge in [0, 0.05) is 5.60 Å². The van der Waals surface area contributed by atoms with Gasteiger partial charge in [-0.3, -0.25) is 0 Å². The van der Waals surface area contributed by atoms with Gasteiger partial charge in [-0.05, 0) is 49.9 Å². The smallest absolute Gasteiger partial charge is 0.162 e. The molecule has 24 heavy (non-hydrogen) atoms. The van der Waals surface area contributed by atoms with Gasteiger partial charge in [0.15, 0.2) is 9.76 Å². The van der Waals surface area contributed by atoms with E-state index in [0.29, 0.717) is 10.1 Å². The molecule has 146 valence electrons. The lowest BCUT2D eigenvalue weighted by molar-refractivity contribution is 0.138. The second kappa shape index (κ2) is 8.07. The van der Waals surface area contributed by atoms with Crippen molar-refractivity contribution in [2.45, 2.75) is 117 Å². The topological polar surface area (TPSA) is 12.5 Å². The van der Waals surface area contributed by atoms with Crippen LogP contribution in [0, 0.1) is 0 Å². The van der Waals surface area contributed by atoms with Crippen LogP contribution in [0.2, 0.25) is 42.3 Å². The van der Waals surface area contributed by atoms with Gasteiger partial charge in [-0.25, -0.2) is 0 Å². The van der Waals surface area contributed by atoms with Crippen molar-refractivity contribution >= 4 is 26.2 Å². The standard InChI is InChI=1S/C19H47NOSi3/c1-17(2,3)21-22-16-14-15-20(23(10,11)18(4,5)6)24(12,13)19(7,8)9/h14-16,22H2,1-13H3. The maximum absolute atomic E-state index is 6.06. The van der Waals surface area contributed by atoms with Crippen LogP contribution in [0.1, 0.15) is 68.7 Å². The zero-order valence-electron chi connectivity index (χ0n) is 19.2. The summed E-state index contributed by atoms with van der Waals surface area (Å²) in [6.07, 6.45) is 1.31. The molecular weight excluding hydrogens is 342 g/mol. The Hall–Kier alpha value is 0.571. The predicted octanol–water partition coefficient (Wildman–Crippen LogP) is 6.01. The molecule has 0 radical (unpaired) electrons. The summed E-state index contributed by atoms with van der Waals surface area (Å²) in [6, 6.07) is 1.30. The largest absolute Gasteiger partial charge is 0.419 e. The van der Waals surface area contributed by atoms with Gasteiger partial charge >= 0.3 is 0 Å². The molecule has 0 atom stereocenters. The highest BCUT2D eigenvalue weighted by atomic mass is 28.4. The maximum Gasteiger partial charge on any atom is 0.162 e. The molecule has 0 bridgehead atoms. The molecule has 0 heterocycles. The van der Waals surface area contributed by atoms with Crippen molar-refractivity contribution < 1.29 is 4.43 Å². The quantitative estimate of drug-likeness (QED) is 0.390. The fourth-order valence-electron chi connectivity index (χ4n) is 2.82. The Balaban J connectivity index is 5.18. The average molecular weight is 390 g/mol. The van der Waals surface area contributed by atoms with Gasteiger partial charge in [-0.15, -0.1) is 0 Å². The van der Waals surface area contributed by atoms with Crippen molar-refractivity contribution in [2.24, 2.45) is 0 Å². The molecule has 0 aliphatic rings. The van der Waals surface area contributed by atoms with Crippen LogP contribution in [0.4, 0.5) is 0 Å². The molecule has 0 aliphatic carbocycles. The van der Waals surface area contributed by atoms with Gasteiger partial charge in [0.2, 0.25) is 0 Å². The van der Waals surface area contributed by atoms with E-state index in [-0.39, 0.29) is 15.4 Å². The lowest BCUT2D eigenvalue weighted by Gasteiger charge is -2.57. The van der Waals surface area contributed by atoms with E-state index in [4.69, 9.17) is 4.43 Å². The van der Waals surface area contributed by atoms with E-state index >= 15 is 0 Å². The van der Waals surface area contributed by atoms with Crippen LogP contribution >= 0.6 is 0 Å². The molecule has 0 aromatic carbocycles. The summed E-state index contributed by atoms with van der Waals surface area (Å²) in [4.78, 5) is 0. The number of hydrogen-bond donors (Lipinski definition) is 0. The third-order valence-electron chi connectivity index (χ3n) is 6.33. The molecule has 2 nitrogen and oxygen atoms in total. The zero-order chi connectivity index (χ0) is 19.6. The van der Waals surface area contributed by atoms with Gasteiger partial charge in [-0.1, -0.05) is 67.7 Å². The second-order valence-electron chi connectivity index (χ2n) is 11.4. The predicted molar refractivity (Wildman–Crippen MR) is 120 cm³/mol. The molecule has 0 fully saturated rings. The number of nitrogens with zero attached hydrogens (tertiary/aromatic N) is 1. The molecule has 0 amide bonds. The minimum Gasteiger partial charge on any atom is -0.419 e. The highest BCUT2D eigenvalue weighted by molar-refractivity contribution is 6.93. The first kappa shape index (κ1) is 24.6. The molecule has 5 heteroatoms. The summed E-state index contributed by atoms with van der Waals surface area (Å²) in [5.41, 5.74) is 0.0464. The Morgan fingerprint density at radius 3 is 1.42 bits per heavy atom. The fourth-order valence-corrected chi connectivity index (χ4v) is 14.7. The van der Waals surface area contributed by atoms with Crippen LogP contribution in [0.25, 0.3) is 0 Å². The average Bonchev–Trinajstić information content (AvgIpc) is 2.28. The lowest BCUT2D eigenvalue weighted by atomic mass is 10.2. The molecule has 0 saturated carbocycles. The third-order valence-corrected chi connectivity index (χ3v) is 22.0. The Morgan fingerprint density at radius 1 is 0.750 bits per heavy atom. The van der Waals surface area contributed by atoms with Crippen molar-refractivity contribution in [2.75, 3.05) is 6.54 Å². The monoisotopic (exact) mass is 389 g/mol.